The van der Waals surface area contributed by atoms with E-state index in [1.165, 1.54) is 0 Å². The van der Waals surface area contributed by atoms with Crippen molar-refractivity contribution in [2.45, 2.75) is 12.2 Å². The minimum Gasteiger partial charge on any atom is -0.450 e. The van der Waals surface area contributed by atoms with Crippen LogP contribution in [0.4, 0.5) is 0 Å². The molecule has 4 nitrogen and oxygen atoms in total. The molecular weight excluding hydrogens is 304 g/mol. The Balaban J connectivity index is 1.68. The lowest BCUT2D eigenvalue weighted by Crippen LogP contribution is -2.33. The maximum absolute atomic E-state index is 12.2. The number of hydrogen-bond donors (Lipinski definition) is 0. The molecule has 4 heteroatoms. The number of ether oxygens (including phenoxy) is 2. The van der Waals surface area contributed by atoms with Gasteiger partial charge in [0.15, 0.2) is 12.2 Å². The van der Waals surface area contributed by atoms with Crippen LogP contribution in [0.2, 0.25) is 0 Å². The predicted molar refractivity (Wildman–Crippen MR) is 89.6 cm³/mol. The fourth-order valence-electron chi connectivity index (χ4n) is 2.31. The average Bonchev–Trinajstić information content (AvgIpc) is 2.64. The molecule has 120 valence electrons. The monoisotopic (exact) mass is 320 g/mol. The van der Waals surface area contributed by atoms with E-state index in [1.807, 2.05) is 12.1 Å². The normalized spacial score (nSPS) is 18.8. The summed E-state index contributed by atoms with van der Waals surface area (Å²) in [7, 11) is 0. The highest BCUT2D eigenvalue weighted by Gasteiger charge is 2.27. The Bertz CT molecular complexity index is 695. The van der Waals surface area contributed by atoms with Gasteiger partial charge in [-0.15, -0.1) is 0 Å². The van der Waals surface area contributed by atoms with Gasteiger partial charge in [-0.1, -0.05) is 48.6 Å². The summed E-state index contributed by atoms with van der Waals surface area (Å²) in [4.78, 5) is 24.4. The molecule has 0 saturated heterocycles. The molecule has 3 rings (SSSR count). The molecule has 2 aromatic rings. The number of hydrogen-bond acceptors (Lipinski definition) is 4. The molecule has 2 atom stereocenters. The first-order chi connectivity index (χ1) is 11.7. The summed E-state index contributed by atoms with van der Waals surface area (Å²) in [6, 6.07) is 17.4. The van der Waals surface area contributed by atoms with Gasteiger partial charge < -0.3 is 9.47 Å². The minimum atomic E-state index is -0.657. The smallest absolute Gasteiger partial charge is 0.338 e. The zero-order chi connectivity index (χ0) is 16.8. The lowest BCUT2D eigenvalue weighted by Gasteiger charge is -2.24. The van der Waals surface area contributed by atoms with Gasteiger partial charge in [0.1, 0.15) is 0 Å². The van der Waals surface area contributed by atoms with Gasteiger partial charge in [-0.3, -0.25) is 0 Å². The lowest BCUT2D eigenvalue weighted by molar-refractivity contribution is -0.00784. The van der Waals surface area contributed by atoms with Crippen molar-refractivity contribution >= 4 is 11.9 Å². The summed E-state index contributed by atoms with van der Waals surface area (Å²) in [5.41, 5.74) is 0.905. The molecular formula is C20H16O4. The Labute approximate surface area is 140 Å². The molecule has 0 N–H and O–H groups in total. The zero-order valence-corrected chi connectivity index (χ0v) is 12.9. The van der Waals surface area contributed by atoms with E-state index in [0.29, 0.717) is 11.1 Å². The summed E-state index contributed by atoms with van der Waals surface area (Å²) >= 11 is 0. The SMILES string of the molecule is O=C(O[C@H]1C=CC=C[C@H]1OC(=O)c1ccccc1)c1ccccc1. The van der Waals surface area contributed by atoms with Crippen LogP contribution in [0.25, 0.3) is 0 Å². The topological polar surface area (TPSA) is 52.6 Å². The fraction of sp³-hybridized carbons (Fsp3) is 0.100. The van der Waals surface area contributed by atoms with Crippen LogP contribution >= 0.6 is 0 Å². The van der Waals surface area contributed by atoms with Crippen LogP contribution in [0.1, 0.15) is 20.7 Å². The van der Waals surface area contributed by atoms with E-state index in [0.717, 1.165) is 0 Å². The molecule has 0 spiro atoms. The molecule has 2 aromatic carbocycles. The summed E-state index contributed by atoms with van der Waals surface area (Å²) in [5, 5.41) is 0. The van der Waals surface area contributed by atoms with Gasteiger partial charge in [0.05, 0.1) is 11.1 Å². The van der Waals surface area contributed by atoms with Crippen molar-refractivity contribution in [2.75, 3.05) is 0 Å². The second-order valence-corrected chi connectivity index (χ2v) is 5.24. The third-order valence-corrected chi connectivity index (χ3v) is 3.54. The highest BCUT2D eigenvalue weighted by Crippen LogP contribution is 2.17. The highest BCUT2D eigenvalue weighted by molar-refractivity contribution is 5.90. The first kappa shape index (κ1) is 15.7. The Kier molecular flexibility index (Phi) is 4.87. The van der Waals surface area contributed by atoms with E-state index in [-0.39, 0.29) is 0 Å². The van der Waals surface area contributed by atoms with E-state index in [2.05, 4.69) is 0 Å². The molecule has 0 aromatic heterocycles. The molecule has 0 amide bonds. The Morgan fingerprint density at radius 3 is 1.38 bits per heavy atom. The number of carbonyl (C=O) groups excluding carboxylic acids is 2. The second-order valence-electron chi connectivity index (χ2n) is 5.24. The van der Waals surface area contributed by atoms with Crippen molar-refractivity contribution in [2.24, 2.45) is 0 Å². The van der Waals surface area contributed by atoms with Crippen LogP contribution in [-0.2, 0) is 9.47 Å². The summed E-state index contributed by atoms with van der Waals surface area (Å²) in [5.74, 6) is -0.914. The van der Waals surface area contributed by atoms with Crippen molar-refractivity contribution in [3.8, 4) is 0 Å². The molecule has 0 unspecified atom stereocenters. The van der Waals surface area contributed by atoms with Crippen LogP contribution in [-0.4, -0.2) is 24.1 Å². The molecule has 0 heterocycles. The maximum Gasteiger partial charge on any atom is 0.338 e. The zero-order valence-electron chi connectivity index (χ0n) is 12.9. The number of esters is 2. The summed E-state index contributed by atoms with van der Waals surface area (Å²) in [6.45, 7) is 0. The highest BCUT2D eigenvalue weighted by atomic mass is 16.6. The lowest BCUT2D eigenvalue weighted by atomic mass is 10.1. The van der Waals surface area contributed by atoms with Gasteiger partial charge in [0.25, 0.3) is 0 Å². The van der Waals surface area contributed by atoms with Crippen molar-refractivity contribution < 1.29 is 19.1 Å². The van der Waals surface area contributed by atoms with Crippen LogP contribution in [0.15, 0.2) is 85.0 Å². The van der Waals surface area contributed by atoms with Crippen LogP contribution < -0.4 is 0 Å². The summed E-state index contributed by atoms with van der Waals surface area (Å²) in [6.07, 6.45) is 5.60. The number of allylic oxidation sites excluding steroid dienone is 2. The fourth-order valence-corrected chi connectivity index (χ4v) is 2.31. The van der Waals surface area contributed by atoms with Gasteiger partial charge in [-0.25, -0.2) is 9.59 Å². The number of benzene rings is 2. The first-order valence-corrected chi connectivity index (χ1v) is 7.61. The minimum absolute atomic E-state index is 0.452. The first-order valence-electron chi connectivity index (χ1n) is 7.61. The van der Waals surface area contributed by atoms with Crippen molar-refractivity contribution in [3.05, 3.63) is 96.1 Å². The Hall–Kier alpha value is -3.14. The average molecular weight is 320 g/mol. The maximum atomic E-state index is 12.2. The molecule has 1 aliphatic rings. The quantitative estimate of drug-likeness (QED) is 0.808. The van der Waals surface area contributed by atoms with E-state index in [1.54, 1.807) is 72.8 Å². The van der Waals surface area contributed by atoms with E-state index >= 15 is 0 Å². The largest absolute Gasteiger partial charge is 0.450 e. The van der Waals surface area contributed by atoms with Crippen LogP contribution in [0.3, 0.4) is 0 Å². The number of carbonyl (C=O) groups is 2. The van der Waals surface area contributed by atoms with Crippen LogP contribution in [0, 0.1) is 0 Å². The summed E-state index contributed by atoms with van der Waals surface area (Å²) < 4.78 is 10.9. The van der Waals surface area contributed by atoms with Crippen molar-refractivity contribution in [1.82, 2.24) is 0 Å². The van der Waals surface area contributed by atoms with E-state index in [4.69, 9.17) is 9.47 Å². The van der Waals surface area contributed by atoms with Gasteiger partial charge in [-0.2, -0.15) is 0 Å². The van der Waals surface area contributed by atoms with Gasteiger partial charge in [0.2, 0.25) is 0 Å². The van der Waals surface area contributed by atoms with Gasteiger partial charge in [0, 0.05) is 0 Å². The van der Waals surface area contributed by atoms with Crippen molar-refractivity contribution in [3.63, 3.8) is 0 Å². The van der Waals surface area contributed by atoms with Gasteiger partial charge in [-0.05, 0) is 36.4 Å². The standard InChI is InChI=1S/C20H16O4/c21-19(15-9-3-1-4-10-15)23-17-13-7-8-14-18(17)24-20(22)16-11-5-2-6-12-16/h1-14,17-18H/t17-,18+. The predicted octanol–water partition coefficient (Wildman–Crippen LogP) is 3.56. The molecule has 1 aliphatic carbocycles. The van der Waals surface area contributed by atoms with Crippen molar-refractivity contribution in [1.29, 1.82) is 0 Å². The Morgan fingerprint density at radius 2 is 1.00 bits per heavy atom. The molecule has 0 bridgehead atoms. The number of rotatable bonds is 4. The third kappa shape index (κ3) is 3.79. The molecule has 0 aliphatic heterocycles. The molecule has 0 fully saturated rings. The Morgan fingerprint density at radius 1 is 0.625 bits per heavy atom. The van der Waals surface area contributed by atoms with E-state index < -0.39 is 24.1 Å². The molecule has 0 radical (unpaired) electrons. The molecule has 0 saturated carbocycles. The van der Waals surface area contributed by atoms with Crippen LogP contribution in [0.5, 0.6) is 0 Å². The van der Waals surface area contributed by atoms with Gasteiger partial charge >= 0.3 is 11.9 Å². The third-order valence-electron chi connectivity index (χ3n) is 3.54. The second kappa shape index (κ2) is 7.42. The van der Waals surface area contributed by atoms with E-state index in [9.17, 15) is 9.59 Å². The molecule has 24 heavy (non-hydrogen) atoms.